The molecule has 0 radical (unpaired) electrons. The van der Waals surface area contributed by atoms with Gasteiger partial charge in [0.15, 0.2) is 5.65 Å². The minimum Gasteiger partial charge on any atom is -0.309 e. The van der Waals surface area contributed by atoms with Crippen LogP contribution in [0.5, 0.6) is 0 Å². The molecule has 19 heavy (non-hydrogen) atoms. The maximum absolute atomic E-state index is 4.45. The van der Waals surface area contributed by atoms with E-state index in [-0.39, 0.29) is 0 Å². The molecule has 1 N–H and O–H groups in total. The Morgan fingerprint density at radius 1 is 1.21 bits per heavy atom. The minimum atomic E-state index is 0.519. The van der Waals surface area contributed by atoms with E-state index in [0.717, 1.165) is 27.1 Å². The Hall–Kier alpha value is -1.96. The van der Waals surface area contributed by atoms with Crippen molar-refractivity contribution in [2.24, 2.45) is 14.1 Å². The van der Waals surface area contributed by atoms with Crippen molar-refractivity contribution in [3.8, 4) is 0 Å². The van der Waals surface area contributed by atoms with Crippen LogP contribution in [0.4, 0.5) is 11.8 Å². The summed E-state index contributed by atoms with van der Waals surface area (Å²) in [6, 6.07) is 1.94. The van der Waals surface area contributed by atoms with Crippen LogP contribution in [0.2, 0.25) is 0 Å². The Morgan fingerprint density at radius 2 is 2.00 bits per heavy atom. The molecule has 0 aromatic carbocycles. The molecule has 98 valence electrons. The number of aryl methyl sites for hydroxylation is 3. The monoisotopic (exact) mass is 321 g/mol. The highest BCUT2D eigenvalue weighted by atomic mass is 79.9. The van der Waals surface area contributed by atoms with Crippen LogP contribution < -0.4 is 5.32 Å². The van der Waals surface area contributed by atoms with E-state index in [1.54, 1.807) is 15.6 Å². The number of nitrogens with zero attached hydrogens (tertiary/aromatic N) is 6. The van der Waals surface area contributed by atoms with Crippen molar-refractivity contribution in [1.29, 1.82) is 0 Å². The van der Waals surface area contributed by atoms with E-state index in [1.807, 2.05) is 27.1 Å². The lowest BCUT2D eigenvalue weighted by molar-refractivity contribution is 0.762. The van der Waals surface area contributed by atoms with E-state index >= 15 is 0 Å². The van der Waals surface area contributed by atoms with Crippen LogP contribution in [0.1, 0.15) is 5.69 Å². The number of nitrogens with one attached hydrogen (secondary N) is 1. The summed E-state index contributed by atoms with van der Waals surface area (Å²) in [4.78, 5) is 8.73. The third-order valence-corrected chi connectivity index (χ3v) is 3.36. The van der Waals surface area contributed by atoms with Crippen LogP contribution in [0.3, 0.4) is 0 Å². The quantitative estimate of drug-likeness (QED) is 0.780. The zero-order valence-electron chi connectivity index (χ0n) is 10.7. The van der Waals surface area contributed by atoms with Crippen LogP contribution in [-0.4, -0.2) is 29.5 Å². The number of anilines is 2. The van der Waals surface area contributed by atoms with Crippen molar-refractivity contribution < 1.29 is 0 Å². The molecular weight excluding hydrogens is 310 g/mol. The molecule has 8 heteroatoms. The van der Waals surface area contributed by atoms with Crippen molar-refractivity contribution in [3.63, 3.8) is 0 Å². The summed E-state index contributed by atoms with van der Waals surface area (Å²) in [5, 5.41) is 12.5. The predicted octanol–water partition coefficient (Wildman–Crippen LogP) is 1.91. The first kappa shape index (κ1) is 12.1. The molecular formula is C11H12BrN7. The molecule has 0 saturated carbocycles. The first-order chi connectivity index (χ1) is 9.04. The highest BCUT2D eigenvalue weighted by molar-refractivity contribution is 9.10. The largest absolute Gasteiger partial charge is 0.309 e. The summed E-state index contributed by atoms with van der Waals surface area (Å²) in [6.07, 6.45) is 1.74. The molecule has 0 aliphatic carbocycles. The lowest BCUT2D eigenvalue weighted by atomic mass is 10.4. The maximum Gasteiger partial charge on any atom is 0.230 e. The Balaban J connectivity index is 2.02. The van der Waals surface area contributed by atoms with Gasteiger partial charge in [0.1, 0.15) is 10.4 Å². The lowest BCUT2D eigenvalue weighted by Crippen LogP contribution is -2.03. The van der Waals surface area contributed by atoms with Gasteiger partial charge in [0.2, 0.25) is 5.95 Å². The van der Waals surface area contributed by atoms with Gasteiger partial charge in [-0.15, -0.1) is 0 Å². The second kappa shape index (κ2) is 4.30. The zero-order valence-corrected chi connectivity index (χ0v) is 12.3. The number of rotatable bonds is 2. The molecule has 0 atom stereocenters. The molecule has 0 fully saturated rings. The fraction of sp³-hybridized carbons (Fsp3) is 0.273. The summed E-state index contributed by atoms with van der Waals surface area (Å²) < 4.78 is 4.20. The molecule has 3 aromatic rings. The summed E-state index contributed by atoms with van der Waals surface area (Å²) >= 11 is 3.38. The Labute approximate surface area is 117 Å². The second-order valence-electron chi connectivity index (χ2n) is 4.26. The first-order valence-electron chi connectivity index (χ1n) is 5.67. The Bertz CT molecular complexity index is 758. The van der Waals surface area contributed by atoms with E-state index in [4.69, 9.17) is 0 Å². The number of hydrogen-bond donors (Lipinski definition) is 1. The number of aromatic nitrogens is 6. The number of fused-ring (bicyclic) bond motifs is 1. The van der Waals surface area contributed by atoms with E-state index in [1.165, 1.54) is 0 Å². The molecule has 0 bridgehead atoms. The summed E-state index contributed by atoms with van der Waals surface area (Å²) in [7, 11) is 3.71. The van der Waals surface area contributed by atoms with Crippen LogP contribution in [-0.2, 0) is 14.1 Å². The third-order valence-electron chi connectivity index (χ3n) is 2.78. The number of hydrogen-bond acceptors (Lipinski definition) is 5. The Kier molecular flexibility index (Phi) is 2.74. The molecule has 0 amide bonds. The molecule has 0 saturated heterocycles. The lowest BCUT2D eigenvalue weighted by Gasteiger charge is -2.04. The minimum absolute atomic E-state index is 0.519. The highest BCUT2D eigenvalue weighted by Gasteiger charge is 2.10. The van der Waals surface area contributed by atoms with Gasteiger partial charge in [-0.2, -0.15) is 15.2 Å². The summed E-state index contributed by atoms with van der Waals surface area (Å²) in [5.41, 5.74) is 1.71. The van der Waals surface area contributed by atoms with Gasteiger partial charge in [-0.1, -0.05) is 0 Å². The van der Waals surface area contributed by atoms with E-state index in [9.17, 15) is 0 Å². The van der Waals surface area contributed by atoms with Gasteiger partial charge in [0.05, 0.1) is 11.1 Å². The topological polar surface area (TPSA) is 73.5 Å². The molecule has 0 unspecified atom stereocenters. The molecule has 0 aliphatic heterocycles. The smallest absolute Gasteiger partial charge is 0.230 e. The van der Waals surface area contributed by atoms with E-state index < -0.39 is 0 Å². The average Bonchev–Trinajstić information content (AvgIpc) is 2.81. The highest BCUT2D eigenvalue weighted by Crippen LogP contribution is 2.22. The van der Waals surface area contributed by atoms with Crippen molar-refractivity contribution >= 4 is 38.7 Å². The van der Waals surface area contributed by atoms with Gasteiger partial charge >= 0.3 is 0 Å². The third kappa shape index (κ3) is 2.07. The van der Waals surface area contributed by atoms with Crippen molar-refractivity contribution in [3.05, 3.63) is 22.6 Å². The SMILES string of the molecule is Cc1cc(Nc2ncc3c(Br)nn(C)c3n2)n(C)n1. The van der Waals surface area contributed by atoms with Gasteiger partial charge in [-0.3, -0.25) is 4.68 Å². The average molecular weight is 322 g/mol. The second-order valence-corrected chi connectivity index (χ2v) is 5.02. The van der Waals surface area contributed by atoms with Crippen LogP contribution >= 0.6 is 15.9 Å². The van der Waals surface area contributed by atoms with Crippen molar-refractivity contribution in [2.45, 2.75) is 6.92 Å². The Morgan fingerprint density at radius 3 is 2.68 bits per heavy atom. The first-order valence-corrected chi connectivity index (χ1v) is 6.47. The van der Waals surface area contributed by atoms with Gasteiger partial charge in [0.25, 0.3) is 0 Å². The molecule has 7 nitrogen and oxygen atoms in total. The van der Waals surface area contributed by atoms with Gasteiger partial charge < -0.3 is 5.32 Å². The van der Waals surface area contributed by atoms with Crippen LogP contribution in [0.25, 0.3) is 11.0 Å². The predicted molar refractivity (Wildman–Crippen MR) is 75.2 cm³/mol. The maximum atomic E-state index is 4.45. The molecule has 3 aromatic heterocycles. The van der Waals surface area contributed by atoms with E-state index in [0.29, 0.717) is 5.95 Å². The van der Waals surface area contributed by atoms with Crippen molar-refractivity contribution in [2.75, 3.05) is 5.32 Å². The van der Waals surface area contributed by atoms with Crippen LogP contribution in [0, 0.1) is 6.92 Å². The van der Waals surface area contributed by atoms with Gasteiger partial charge in [0, 0.05) is 26.4 Å². The normalized spacial score (nSPS) is 11.2. The summed E-state index contributed by atoms with van der Waals surface area (Å²) in [6.45, 7) is 1.94. The van der Waals surface area contributed by atoms with E-state index in [2.05, 4.69) is 41.4 Å². The van der Waals surface area contributed by atoms with Crippen LogP contribution in [0.15, 0.2) is 16.9 Å². The molecule has 3 heterocycles. The molecule has 0 aliphatic rings. The summed E-state index contributed by atoms with van der Waals surface area (Å²) in [5.74, 6) is 1.36. The fourth-order valence-electron chi connectivity index (χ4n) is 1.90. The molecule has 0 spiro atoms. The number of halogens is 1. The van der Waals surface area contributed by atoms with Gasteiger partial charge in [-0.05, 0) is 22.9 Å². The van der Waals surface area contributed by atoms with Gasteiger partial charge in [-0.25, -0.2) is 9.67 Å². The zero-order chi connectivity index (χ0) is 13.6. The van der Waals surface area contributed by atoms with Crippen molar-refractivity contribution in [1.82, 2.24) is 29.5 Å². The fourth-order valence-corrected chi connectivity index (χ4v) is 2.42. The molecule has 3 rings (SSSR count). The standard InChI is InChI=1S/C11H12BrN7/c1-6-4-8(18(2)16-6)14-11-13-5-7-9(12)17-19(3)10(7)15-11/h4-5H,1-3H3,(H,13,14,15).